The summed E-state index contributed by atoms with van der Waals surface area (Å²) in [5.41, 5.74) is 0.685. The SMILES string of the molecule is CCCCCCC(C)NCC(O)c1cc(Cl)ccc1Cl. The summed E-state index contributed by atoms with van der Waals surface area (Å²) in [6.45, 7) is 4.86. The third-order valence-electron chi connectivity index (χ3n) is 3.47. The second-order valence-electron chi connectivity index (χ2n) is 5.34. The Morgan fingerprint density at radius 1 is 1.20 bits per heavy atom. The number of halogens is 2. The van der Waals surface area contributed by atoms with Crippen molar-refractivity contribution in [2.24, 2.45) is 0 Å². The predicted octanol–water partition coefficient (Wildman–Crippen LogP) is 4.98. The Kier molecular flexibility index (Phi) is 8.55. The molecule has 2 atom stereocenters. The van der Waals surface area contributed by atoms with Gasteiger partial charge in [0.2, 0.25) is 0 Å². The van der Waals surface area contributed by atoms with Gasteiger partial charge in [0.05, 0.1) is 6.10 Å². The van der Waals surface area contributed by atoms with E-state index in [4.69, 9.17) is 23.2 Å². The van der Waals surface area contributed by atoms with Crippen LogP contribution in [0, 0.1) is 0 Å². The predicted molar refractivity (Wildman–Crippen MR) is 87.6 cm³/mol. The minimum absolute atomic E-state index is 0.402. The van der Waals surface area contributed by atoms with E-state index in [0.29, 0.717) is 28.2 Å². The molecule has 1 aromatic carbocycles. The van der Waals surface area contributed by atoms with E-state index in [1.165, 1.54) is 25.7 Å². The first-order valence-corrected chi connectivity index (χ1v) is 8.16. The topological polar surface area (TPSA) is 32.3 Å². The van der Waals surface area contributed by atoms with Gasteiger partial charge in [-0.25, -0.2) is 0 Å². The maximum atomic E-state index is 10.2. The molecule has 0 bridgehead atoms. The number of aliphatic hydroxyl groups excluding tert-OH is 1. The van der Waals surface area contributed by atoms with Crippen molar-refractivity contribution in [2.45, 2.75) is 58.1 Å². The van der Waals surface area contributed by atoms with E-state index in [1.807, 2.05) is 0 Å². The van der Waals surface area contributed by atoms with Gasteiger partial charge < -0.3 is 10.4 Å². The highest BCUT2D eigenvalue weighted by Gasteiger charge is 2.13. The van der Waals surface area contributed by atoms with Gasteiger partial charge >= 0.3 is 0 Å². The first-order chi connectivity index (χ1) is 9.54. The lowest BCUT2D eigenvalue weighted by molar-refractivity contribution is 0.170. The van der Waals surface area contributed by atoms with Gasteiger partial charge in [-0.05, 0) is 31.5 Å². The van der Waals surface area contributed by atoms with Crippen molar-refractivity contribution in [3.63, 3.8) is 0 Å². The molecule has 0 fully saturated rings. The average Bonchev–Trinajstić information content (AvgIpc) is 2.43. The fourth-order valence-electron chi connectivity index (χ4n) is 2.17. The molecule has 0 aliphatic heterocycles. The second-order valence-corrected chi connectivity index (χ2v) is 6.18. The maximum absolute atomic E-state index is 10.2. The normalized spacial score (nSPS) is 14.2. The second kappa shape index (κ2) is 9.62. The van der Waals surface area contributed by atoms with Gasteiger partial charge in [0.1, 0.15) is 0 Å². The van der Waals surface area contributed by atoms with Gasteiger partial charge in [-0.15, -0.1) is 0 Å². The Hall–Kier alpha value is -0.280. The zero-order chi connectivity index (χ0) is 15.0. The van der Waals surface area contributed by atoms with E-state index in [-0.39, 0.29) is 0 Å². The Morgan fingerprint density at radius 3 is 2.65 bits per heavy atom. The summed E-state index contributed by atoms with van der Waals surface area (Å²) in [5.74, 6) is 0. The Morgan fingerprint density at radius 2 is 1.95 bits per heavy atom. The molecule has 0 radical (unpaired) electrons. The molecular weight excluding hydrogens is 293 g/mol. The Labute approximate surface area is 132 Å². The number of hydrogen-bond acceptors (Lipinski definition) is 2. The van der Waals surface area contributed by atoms with Crippen LogP contribution >= 0.6 is 23.2 Å². The minimum Gasteiger partial charge on any atom is -0.387 e. The number of aliphatic hydroxyl groups is 1. The monoisotopic (exact) mass is 317 g/mol. The van der Waals surface area contributed by atoms with Gasteiger partial charge in [0, 0.05) is 28.2 Å². The summed E-state index contributed by atoms with van der Waals surface area (Å²) in [5, 5.41) is 14.7. The number of nitrogens with one attached hydrogen (secondary N) is 1. The molecule has 0 amide bonds. The summed E-state index contributed by atoms with van der Waals surface area (Å²) in [4.78, 5) is 0. The lowest BCUT2D eigenvalue weighted by Gasteiger charge is -2.18. The molecule has 114 valence electrons. The molecule has 0 aliphatic carbocycles. The maximum Gasteiger partial charge on any atom is 0.0929 e. The molecule has 1 aromatic rings. The first kappa shape index (κ1) is 17.8. The van der Waals surface area contributed by atoms with Crippen molar-refractivity contribution < 1.29 is 5.11 Å². The molecule has 0 heterocycles. The molecule has 2 unspecified atom stereocenters. The molecule has 0 saturated heterocycles. The third kappa shape index (κ3) is 6.45. The molecule has 2 nitrogen and oxygen atoms in total. The molecule has 20 heavy (non-hydrogen) atoms. The van der Waals surface area contributed by atoms with E-state index >= 15 is 0 Å². The van der Waals surface area contributed by atoms with Gasteiger partial charge in [-0.3, -0.25) is 0 Å². The number of rotatable bonds is 9. The zero-order valence-corrected chi connectivity index (χ0v) is 13.8. The highest BCUT2D eigenvalue weighted by molar-refractivity contribution is 6.33. The highest BCUT2D eigenvalue weighted by atomic mass is 35.5. The molecular formula is C16H25Cl2NO. The smallest absolute Gasteiger partial charge is 0.0929 e. The van der Waals surface area contributed by atoms with Crippen LogP contribution in [0.3, 0.4) is 0 Å². The Bertz CT molecular complexity index is 398. The van der Waals surface area contributed by atoms with E-state index in [1.54, 1.807) is 18.2 Å². The van der Waals surface area contributed by atoms with Crippen molar-refractivity contribution in [1.29, 1.82) is 0 Å². The molecule has 0 spiro atoms. The van der Waals surface area contributed by atoms with Crippen molar-refractivity contribution in [2.75, 3.05) is 6.54 Å². The molecule has 0 saturated carbocycles. The Balaban J connectivity index is 2.35. The highest BCUT2D eigenvalue weighted by Crippen LogP contribution is 2.26. The number of hydrogen-bond donors (Lipinski definition) is 2. The quantitative estimate of drug-likeness (QED) is 0.630. The largest absolute Gasteiger partial charge is 0.387 e. The molecule has 2 N–H and O–H groups in total. The van der Waals surface area contributed by atoms with Crippen molar-refractivity contribution >= 4 is 23.2 Å². The number of unbranched alkanes of at least 4 members (excludes halogenated alkanes) is 3. The summed E-state index contributed by atoms with van der Waals surface area (Å²) < 4.78 is 0. The van der Waals surface area contributed by atoms with Crippen molar-refractivity contribution in [1.82, 2.24) is 5.32 Å². The zero-order valence-electron chi connectivity index (χ0n) is 12.3. The van der Waals surface area contributed by atoms with Crippen LogP contribution in [0.2, 0.25) is 10.0 Å². The van der Waals surface area contributed by atoms with Crippen LogP contribution in [0.25, 0.3) is 0 Å². The van der Waals surface area contributed by atoms with Crippen molar-refractivity contribution in [3.05, 3.63) is 33.8 Å². The van der Waals surface area contributed by atoms with Crippen LogP contribution in [-0.2, 0) is 0 Å². The fourth-order valence-corrected chi connectivity index (χ4v) is 2.60. The minimum atomic E-state index is -0.626. The van der Waals surface area contributed by atoms with Crippen LogP contribution in [0.4, 0.5) is 0 Å². The van der Waals surface area contributed by atoms with E-state index in [0.717, 1.165) is 6.42 Å². The lowest BCUT2D eigenvalue weighted by Crippen LogP contribution is -2.30. The standard InChI is InChI=1S/C16H25Cl2NO/c1-3-4-5-6-7-12(2)19-11-16(20)14-10-13(17)8-9-15(14)18/h8-10,12,16,19-20H,3-7,11H2,1-2H3. The summed E-state index contributed by atoms with van der Waals surface area (Å²) in [7, 11) is 0. The molecule has 0 aliphatic rings. The van der Waals surface area contributed by atoms with Gasteiger partial charge in [-0.2, -0.15) is 0 Å². The number of benzene rings is 1. The van der Waals surface area contributed by atoms with Crippen LogP contribution in [0.1, 0.15) is 57.6 Å². The summed E-state index contributed by atoms with van der Waals surface area (Å²) in [6.07, 6.45) is 5.58. The van der Waals surface area contributed by atoms with Crippen LogP contribution in [-0.4, -0.2) is 17.7 Å². The van der Waals surface area contributed by atoms with E-state index in [2.05, 4.69) is 19.2 Å². The van der Waals surface area contributed by atoms with Gasteiger partial charge in [0.15, 0.2) is 0 Å². The van der Waals surface area contributed by atoms with Crippen LogP contribution in [0.15, 0.2) is 18.2 Å². The first-order valence-electron chi connectivity index (χ1n) is 7.41. The molecule has 4 heteroatoms. The lowest BCUT2D eigenvalue weighted by atomic mass is 10.1. The molecule has 0 aromatic heterocycles. The van der Waals surface area contributed by atoms with Crippen molar-refractivity contribution in [3.8, 4) is 0 Å². The van der Waals surface area contributed by atoms with Gasteiger partial charge in [0.25, 0.3) is 0 Å². The van der Waals surface area contributed by atoms with Crippen LogP contribution in [0.5, 0.6) is 0 Å². The van der Waals surface area contributed by atoms with Gasteiger partial charge in [-0.1, -0.05) is 55.8 Å². The summed E-state index contributed by atoms with van der Waals surface area (Å²) in [6, 6.07) is 5.57. The third-order valence-corrected chi connectivity index (χ3v) is 4.05. The average molecular weight is 318 g/mol. The molecule has 1 rings (SSSR count). The fraction of sp³-hybridized carbons (Fsp3) is 0.625. The van der Waals surface area contributed by atoms with E-state index in [9.17, 15) is 5.11 Å². The summed E-state index contributed by atoms with van der Waals surface area (Å²) >= 11 is 12.0. The van der Waals surface area contributed by atoms with E-state index < -0.39 is 6.10 Å². The van der Waals surface area contributed by atoms with Crippen LogP contribution < -0.4 is 5.32 Å².